The van der Waals surface area contributed by atoms with Crippen molar-refractivity contribution in [2.24, 2.45) is 16.3 Å². The smallest absolute Gasteiger partial charge is 0.238 e. The zero-order valence-corrected chi connectivity index (χ0v) is 10.5. The van der Waals surface area contributed by atoms with Crippen molar-refractivity contribution in [3.05, 3.63) is 18.7 Å². The molecule has 0 atom stereocenters. The molecule has 1 heterocycles. The van der Waals surface area contributed by atoms with Crippen molar-refractivity contribution in [1.82, 2.24) is 9.97 Å². The Kier molecular flexibility index (Phi) is 3.94. The van der Waals surface area contributed by atoms with E-state index in [1.807, 2.05) is 0 Å². The molecule has 1 aromatic rings. The molecule has 1 aliphatic carbocycles. The maximum absolute atomic E-state index is 12.5. The van der Waals surface area contributed by atoms with Gasteiger partial charge in [-0.25, -0.2) is 9.97 Å². The predicted octanol–water partition coefficient (Wildman–Crippen LogP) is 1.11. The summed E-state index contributed by atoms with van der Waals surface area (Å²) in [7, 11) is 0. The van der Waals surface area contributed by atoms with Gasteiger partial charge in [-0.3, -0.25) is 4.79 Å². The Morgan fingerprint density at radius 2 is 1.95 bits per heavy atom. The third-order valence-corrected chi connectivity index (χ3v) is 3.56. The standard InChI is InChI=1S/C12H17N5O2/c13-10(17-19)12(4-2-1-3-5-12)11(18)16-9-6-14-8-15-7-9/h6-8,19H,1-5H2,(H2,13,17)(H,16,18). The first kappa shape index (κ1) is 13.3. The van der Waals surface area contributed by atoms with E-state index < -0.39 is 5.41 Å². The lowest BCUT2D eigenvalue weighted by atomic mass is 9.72. The quantitative estimate of drug-likeness (QED) is 0.327. The first-order valence-corrected chi connectivity index (χ1v) is 6.23. The van der Waals surface area contributed by atoms with E-state index in [-0.39, 0.29) is 11.7 Å². The van der Waals surface area contributed by atoms with Crippen LogP contribution in [0.4, 0.5) is 5.69 Å². The molecule has 7 nitrogen and oxygen atoms in total. The zero-order chi connectivity index (χ0) is 13.7. The molecule has 1 amide bonds. The maximum atomic E-state index is 12.5. The number of nitrogens with two attached hydrogens (primary N) is 1. The Hall–Kier alpha value is -2.18. The number of carbonyl (C=O) groups is 1. The van der Waals surface area contributed by atoms with Crippen molar-refractivity contribution in [1.29, 1.82) is 0 Å². The number of anilines is 1. The van der Waals surface area contributed by atoms with Gasteiger partial charge in [0.25, 0.3) is 0 Å². The molecular weight excluding hydrogens is 246 g/mol. The molecule has 1 saturated carbocycles. The molecule has 0 bridgehead atoms. The SMILES string of the molecule is NC(=NO)C1(C(=O)Nc2cncnc2)CCCCC1. The largest absolute Gasteiger partial charge is 0.409 e. The minimum atomic E-state index is -0.928. The van der Waals surface area contributed by atoms with Crippen molar-refractivity contribution in [3.8, 4) is 0 Å². The highest BCUT2D eigenvalue weighted by Crippen LogP contribution is 2.37. The van der Waals surface area contributed by atoms with Gasteiger partial charge < -0.3 is 16.3 Å². The third kappa shape index (κ3) is 2.64. The Labute approximate surface area is 110 Å². The van der Waals surface area contributed by atoms with Crippen LogP contribution in [0.3, 0.4) is 0 Å². The molecule has 19 heavy (non-hydrogen) atoms. The molecule has 0 saturated heterocycles. The maximum Gasteiger partial charge on any atom is 0.238 e. The van der Waals surface area contributed by atoms with Crippen LogP contribution in [0.2, 0.25) is 0 Å². The monoisotopic (exact) mass is 263 g/mol. The third-order valence-electron chi connectivity index (χ3n) is 3.56. The van der Waals surface area contributed by atoms with E-state index in [1.165, 1.54) is 18.7 Å². The summed E-state index contributed by atoms with van der Waals surface area (Å²) in [6, 6.07) is 0. The molecule has 2 rings (SSSR count). The molecule has 102 valence electrons. The summed E-state index contributed by atoms with van der Waals surface area (Å²) in [5, 5.41) is 14.7. The first-order valence-electron chi connectivity index (χ1n) is 6.23. The van der Waals surface area contributed by atoms with Gasteiger partial charge in [-0.1, -0.05) is 24.4 Å². The Morgan fingerprint density at radius 1 is 1.32 bits per heavy atom. The second kappa shape index (κ2) is 5.64. The summed E-state index contributed by atoms with van der Waals surface area (Å²) >= 11 is 0. The Balaban J connectivity index is 2.21. The molecular formula is C12H17N5O2. The molecule has 0 spiro atoms. The van der Waals surface area contributed by atoms with E-state index in [4.69, 9.17) is 10.9 Å². The second-order valence-electron chi connectivity index (χ2n) is 4.71. The van der Waals surface area contributed by atoms with Crippen LogP contribution in [-0.4, -0.2) is 26.9 Å². The Morgan fingerprint density at radius 3 is 2.53 bits per heavy atom. The molecule has 0 aliphatic heterocycles. The van der Waals surface area contributed by atoms with Crippen molar-refractivity contribution in [2.45, 2.75) is 32.1 Å². The number of amidine groups is 1. The van der Waals surface area contributed by atoms with Crippen LogP contribution in [-0.2, 0) is 4.79 Å². The number of amides is 1. The second-order valence-corrected chi connectivity index (χ2v) is 4.71. The number of aromatic nitrogens is 2. The van der Waals surface area contributed by atoms with Gasteiger partial charge in [0.2, 0.25) is 5.91 Å². The van der Waals surface area contributed by atoms with E-state index in [1.54, 1.807) is 0 Å². The van der Waals surface area contributed by atoms with Crippen LogP contribution in [0.25, 0.3) is 0 Å². The zero-order valence-electron chi connectivity index (χ0n) is 10.5. The van der Waals surface area contributed by atoms with Crippen LogP contribution in [0.5, 0.6) is 0 Å². The van der Waals surface area contributed by atoms with Crippen LogP contribution in [0.1, 0.15) is 32.1 Å². The summed E-state index contributed by atoms with van der Waals surface area (Å²) < 4.78 is 0. The van der Waals surface area contributed by atoms with Gasteiger partial charge in [-0.05, 0) is 12.8 Å². The van der Waals surface area contributed by atoms with Crippen molar-refractivity contribution in [2.75, 3.05) is 5.32 Å². The Bertz CT molecular complexity index is 468. The fourth-order valence-electron chi connectivity index (χ4n) is 2.46. The summed E-state index contributed by atoms with van der Waals surface area (Å²) in [4.78, 5) is 20.1. The lowest BCUT2D eigenvalue weighted by Gasteiger charge is -2.34. The lowest BCUT2D eigenvalue weighted by Crippen LogP contribution is -2.48. The molecule has 0 aromatic carbocycles. The average Bonchev–Trinajstić information content (AvgIpc) is 2.48. The fraction of sp³-hybridized carbons (Fsp3) is 0.500. The van der Waals surface area contributed by atoms with E-state index in [2.05, 4.69) is 20.4 Å². The number of rotatable bonds is 3. The van der Waals surface area contributed by atoms with Gasteiger partial charge in [-0.2, -0.15) is 0 Å². The highest BCUT2D eigenvalue weighted by Gasteiger charge is 2.43. The fourth-order valence-corrected chi connectivity index (χ4v) is 2.46. The molecule has 7 heteroatoms. The summed E-state index contributed by atoms with van der Waals surface area (Å²) in [5.74, 6) is -0.293. The minimum Gasteiger partial charge on any atom is -0.409 e. The molecule has 4 N–H and O–H groups in total. The van der Waals surface area contributed by atoms with Crippen LogP contribution in [0.15, 0.2) is 23.9 Å². The predicted molar refractivity (Wildman–Crippen MR) is 69.6 cm³/mol. The lowest BCUT2D eigenvalue weighted by molar-refractivity contribution is -0.123. The van der Waals surface area contributed by atoms with Crippen LogP contribution in [0, 0.1) is 5.41 Å². The molecule has 1 fully saturated rings. The van der Waals surface area contributed by atoms with Gasteiger partial charge in [0.05, 0.1) is 18.1 Å². The number of hydrogen-bond acceptors (Lipinski definition) is 5. The summed E-state index contributed by atoms with van der Waals surface area (Å²) in [6.07, 6.45) is 8.40. The molecule has 1 aromatic heterocycles. The number of carbonyl (C=O) groups excluding carboxylic acids is 1. The van der Waals surface area contributed by atoms with E-state index in [0.29, 0.717) is 18.5 Å². The van der Waals surface area contributed by atoms with Gasteiger partial charge in [0.15, 0.2) is 5.84 Å². The van der Waals surface area contributed by atoms with Crippen LogP contribution < -0.4 is 11.1 Å². The van der Waals surface area contributed by atoms with Gasteiger partial charge in [-0.15, -0.1) is 0 Å². The van der Waals surface area contributed by atoms with E-state index in [0.717, 1.165) is 19.3 Å². The number of hydrogen-bond donors (Lipinski definition) is 3. The summed E-state index contributed by atoms with van der Waals surface area (Å²) in [5.41, 5.74) is 5.32. The van der Waals surface area contributed by atoms with Crippen LogP contribution >= 0.6 is 0 Å². The minimum absolute atomic E-state index is 0.0263. The van der Waals surface area contributed by atoms with Gasteiger partial charge >= 0.3 is 0 Å². The average molecular weight is 263 g/mol. The summed E-state index contributed by atoms with van der Waals surface area (Å²) in [6.45, 7) is 0. The molecule has 1 aliphatic rings. The van der Waals surface area contributed by atoms with Gasteiger partial charge in [0.1, 0.15) is 11.7 Å². The molecule has 0 unspecified atom stereocenters. The first-order chi connectivity index (χ1) is 9.19. The number of nitrogens with zero attached hydrogens (tertiary/aromatic N) is 3. The van der Waals surface area contributed by atoms with Gasteiger partial charge in [0, 0.05) is 0 Å². The number of nitrogens with one attached hydrogen (secondary N) is 1. The van der Waals surface area contributed by atoms with Crippen molar-refractivity contribution < 1.29 is 10.0 Å². The highest BCUT2D eigenvalue weighted by atomic mass is 16.4. The van der Waals surface area contributed by atoms with E-state index in [9.17, 15) is 4.79 Å². The van der Waals surface area contributed by atoms with Crippen molar-refractivity contribution in [3.63, 3.8) is 0 Å². The van der Waals surface area contributed by atoms with Crippen molar-refractivity contribution >= 4 is 17.4 Å². The normalized spacial score (nSPS) is 18.8. The number of oxime groups is 1. The highest BCUT2D eigenvalue weighted by molar-refractivity contribution is 6.11. The topological polar surface area (TPSA) is 113 Å². The molecule has 0 radical (unpaired) electrons. The van der Waals surface area contributed by atoms with E-state index >= 15 is 0 Å².